The van der Waals surface area contributed by atoms with E-state index in [2.05, 4.69) is 16.2 Å². The van der Waals surface area contributed by atoms with E-state index in [4.69, 9.17) is 11.6 Å². The van der Waals surface area contributed by atoms with Gasteiger partial charge < -0.3 is 10.4 Å². The van der Waals surface area contributed by atoms with Crippen LogP contribution in [-0.2, 0) is 0 Å². The monoisotopic (exact) mass is 381 g/mol. The Morgan fingerprint density at radius 2 is 1.88 bits per heavy atom. The first-order valence-electron chi connectivity index (χ1n) is 8.12. The fourth-order valence-electron chi connectivity index (χ4n) is 2.98. The number of rotatable bonds is 5. The van der Waals surface area contributed by atoms with Crippen molar-refractivity contribution in [2.45, 2.75) is 12.0 Å². The molecular weight excluding hydrogens is 364 g/mol. The highest BCUT2D eigenvalue weighted by atomic mass is 35.5. The molecule has 1 atom stereocenters. The maximum Gasteiger partial charge on any atom is 0.251 e. The van der Waals surface area contributed by atoms with E-state index in [0.29, 0.717) is 5.02 Å². The normalized spacial score (nSPS) is 15.8. The summed E-state index contributed by atoms with van der Waals surface area (Å²) in [4.78, 5) is 12.4. The minimum absolute atomic E-state index is 0.192. The van der Waals surface area contributed by atoms with Gasteiger partial charge in [-0.2, -0.15) is 0 Å². The molecule has 1 heterocycles. The van der Waals surface area contributed by atoms with Crippen LogP contribution in [0.4, 0.5) is 8.78 Å². The number of benzene rings is 2. The Morgan fingerprint density at radius 3 is 2.46 bits per heavy atom. The summed E-state index contributed by atoms with van der Waals surface area (Å²) in [5.41, 5.74) is 6.79. The van der Waals surface area contributed by atoms with E-state index < -0.39 is 30.2 Å². The highest BCUT2D eigenvalue weighted by Gasteiger charge is 2.23. The van der Waals surface area contributed by atoms with Gasteiger partial charge in [0.25, 0.3) is 5.91 Å². The molecule has 3 rings (SSSR count). The summed E-state index contributed by atoms with van der Waals surface area (Å²) in [6.07, 6.45) is 0. The molecule has 0 aromatic heterocycles. The zero-order valence-electron chi connectivity index (χ0n) is 13.7. The number of halogens is 3. The third-order valence-electron chi connectivity index (χ3n) is 4.36. The summed E-state index contributed by atoms with van der Waals surface area (Å²) >= 11 is 6.29. The summed E-state index contributed by atoms with van der Waals surface area (Å²) < 4.78 is 27.8. The van der Waals surface area contributed by atoms with Gasteiger partial charge in [0.1, 0.15) is 11.6 Å². The van der Waals surface area contributed by atoms with Gasteiger partial charge in [-0.3, -0.25) is 15.6 Å². The molecule has 2 aromatic rings. The van der Waals surface area contributed by atoms with Crippen molar-refractivity contribution in [3.8, 4) is 0 Å². The van der Waals surface area contributed by atoms with Crippen LogP contribution < -0.4 is 16.2 Å². The van der Waals surface area contributed by atoms with Crippen LogP contribution in [0.2, 0.25) is 5.02 Å². The van der Waals surface area contributed by atoms with Crippen LogP contribution in [-0.4, -0.2) is 30.7 Å². The third kappa shape index (κ3) is 3.86. The van der Waals surface area contributed by atoms with Crippen LogP contribution in [0.5, 0.6) is 0 Å². The summed E-state index contributed by atoms with van der Waals surface area (Å²) in [5.74, 6) is -2.06. The molecule has 0 unspecified atom stereocenters. The molecule has 138 valence electrons. The Labute approximate surface area is 154 Å². The Hall–Kier alpha value is -2.06. The summed E-state index contributed by atoms with van der Waals surface area (Å²) in [5, 5.41) is 12.4. The van der Waals surface area contributed by atoms with Crippen LogP contribution in [0.25, 0.3) is 0 Å². The summed E-state index contributed by atoms with van der Waals surface area (Å²) in [7, 11) is 0. The molecule has 1 amide bonds. The average Bonchev–Trinajstić information content (AvgIpc) is 3.14. The highest BCUT2D eigenvalue weighted by molar-refractivity contribution is 6.31. The Balaban J connectivity index is 1.79. The largest absolute Gasteiger partial charge is 0.394 e. The lowest BCUT2D eigenvalue weighted by Gasteiger charge is -2.19. The lowest BCUT2D eigenvalue weighted by atomic mass is 9.98. The van der Waals surface area contributed by atoms with E-state index >= 15 is 0 Å². The second-order valence-corrected chi connectivity index (χ2v) is 6.45. The van der Waals surface area contributed by atoms with Crippen molar-refractivity contribution in [2.24, 2.45) is 0 Å². The number of aliphatic hydroxyl groups excluding tert-OH is 1. The van der Waals surface area contributed by atoms with Gasteiger partial charge >= 0.3 is 0 Å². The second-order valence-electron chi connectivity index (χ2n) is 6.04. The summed E-state index contributed by atoms with van der Waals surface area (Å²) in [6.45, 7) is 0.809. The molecule has 1 aliphatic heterocycles. The van der Waals surface area contributed by atoms with Crippen LogP contribution in [0, 0.1) is 11.6 Å². The molecule has 0 radical (unpaired) electrons. The van der Waals surface area contributed by atoms with Crippen LogP contribution in [0.3, 0.4) is 0 Å². The van der Waals surface area contributed by atoms with Crippen molar-refractivity contribution in [2.75, 3.05) is 19.7 Å². The number of carbonyl (C=O) groups excluding carboxylic acids is 1. The zero-order valence-corrected chi connectivity index (χ0v) is 14.5. The Bertz CT molecular complexity index is 793. The van der Waals surface area contributed by atoms with Gasteiger partial charge in [0.15, 0.2) is 0 Å². The lowest BCUT2D eigenvalue weighted by Crippen LogP contribution is -2.32. The van der Waals surface area contributed by atoms with Gasteiger partial charge in [0, 0.05) is 35.2 Å². The van der Waals surface area contributed by atoms with Gasteiger partial charge in [-0.1, -0.05) is 23.7 Å². The molecule has 8 heteroatoms. The molecule has 0 bridgehead atoms. The van der Waals surface area contributed by atoms with Crippen LogP contribution >= 0.6 is 11.6 Å². The van der Waals surface area contributed by atoms with Crippen molar-refractivity contribution in [3.05, 3.63) is 69.7 Å². The van der Waals surface area contributed by atoms with Crippen molar-refractivity contribution in [1.82, 2.24) is 16.2 Å². The highest BCUT2D eigenvalue weighted by Crippen LogP contribution is 2.27. The molecule has 4 N–H and O–H groups in total. The van der Waals surface area contributed by atoms with Crippen molar-refractivity contribution in [1.29, 1.82) is 0 Å². The molecule has 1 fully saturated rings. The van der Waals surface area contributed by atoms with Gasteiger partial charge in [0.2, 0.25) is 0 Å². The molecule has 0 saturated carbocycles. The predicted octanol–water partition coefficient (Wildman–Crippen LogP) is 2.27. The standard InChI is InChI=1S/C18H18ClF2N3O2/c19-13-6-10(4-5-12(13)11-7-22-23-8-11)18(26)24-16(9-25)17-14(20)2-1-3-15(17)21/h1-6,11,16,22-23,25H,7-9H2,(H,24,26)/t16-/m1/s1. The van der Waals surface area contributed by atoms with E-state index in [1.807, 2.05) is 0 Å². The van der Waals surface area contributed by atoms with E-state index in [9.17, 15) is 18.7 Å². The minimum atomic E-state index is -1.20. The quantitative estimate of drug-likeness (QED) is 0.641. The molecule has 0 spiro atoms. The van der Waals surface area contributed by atoms with Crippen LogP contribution in [0.15, 0.2) is 36.4 Å². The van der Waals surface area contributed by atoms with Gasteiger partial charge in [-0.15, -0.1) is 0 Å². The van der Waals surface area contributed by atoms with Crippen molar-refractivity contribution >= 4 is 17.5 Å². The molecule has 1 saturated heterocycles. The van der Waals surface area contributed by atoms with E-state index in [1.165, 1.54) is 12.1 Å². The maximum absolute atomic E-state index is 13.9. The molecule has 2 aromatic carbocycles. The SMILES string of the molecule is O=C(N[C@H](CO)c1c(F)cccc1F)c1ccc(C2CNNC2)c(Cl)c1. The number of nitrogens with one attached hydrogen (secondary N) is 3. The fourth-order valence-corrected chi connectivity index (χ4v) is 3.31. The smallest absolute Gasteiger partial charge is 0.251 e. The van der Waals surface area contributed by atoms with Gasteiger partial charge in [0.05, 0.1) is 12.6 Å². The van der Waals surface area contributed by atoms with E-state index in [1.54, 1.807) is 12.1 Å². The Kier molecular flexibility index (Phi) is 5.83. The maximum atomic E-state index is 13.9. The molecular formula is C18H18ClF2N3O2. The fraction of sp³-hybridized carbons (Fsp3) is 0.278. The number of hydrazine groups is 1. The zero-order chi connectivity index (χ0) is 18.7. The molecule has 0 aliphatic carbocycles. The topological polar surface area (TPSA) is 73.4 Å². The third-order valence-corrected chi connectivity index (χ3v) is 4.69. The number of hydrogen-bond donors (Lipinski definition) is 4. The van der Waals surface area contributed by atoms with Gasteiger partial charge in [-0.25, -0.2) is 8.78 Å². The van der Waals surface area contributed by atoms with Crippen LogP contribution in [0.1, 0.15) is 33.4 Å². The molecule has 1 aliphatic rings. The first-order valence-corrected chi connectivity index (χ1v) is 8.50. The second kappa shape index (κ2) is 8.09. The Morgan fingerprint density at radius 1 is 1.23 bits per heavy atom. The first kappa shape index (κ1) is 18.7. The average molecular weight is 382 g/mol. The first-order chi connectivity index (χ1) is 12.5. The number of hydrogen-bond acceptors (Lipinski definition) is 4. The van der Waals surface area contributed by atoms with Crippen molar-refractivity contribution in [3.63, 3.8) is 0 Å². The predicted molar refractivity (Wildman–Crippen MR) is 93.8 cm³/mol. The lowest BCUT2D eigenvalue weighted by molar-refractivity contribution is 0.0914. The molecule has 26 heavy (non-hydrogen) atoms. The van der Waals surface area contributed by atoms with E-state index in [-0.39, 0.29) is 17.0 Å². The number of aliphatic hydroxyl groups is 1. The van der Waals surface area contributed by atoms with E-state index in [0.717, 1.165) is 30.8 Å². The van der Waals surface area contributed by atoms with Gasteiger partial charge in [-0.05, 0) is 29.8 Å². The van der Waals surface area contributed by atoms with Crippen molar-refractivity contribution < 1.29 is 18.7 Å². The minimum Gasteiger partial charge on any atom is -0.394 e. The summed E-state index contributed by atoms with van der Waals surface area (Å²) in [6, 6.07) is 7.03. The number of carbonyl (C=O) groups is 1. The molecule has 5 nitrogen and oxygen atoms in total. The number of amides is 1.